The highest BCUT2D eigenvalue weighted by atomic mass is 19.1. The van der Waals surface area contributed by atoms with Gasteiger partial charge in [0.05, 0.1) is 12.2 Å². The molecule has 0 bridgehead atoms. The Bertz CT molecular complexity index is 1730. The summed E-state index contributed by atoms with van der Waals surface area (Å²) in [6.07, 6.45) is 0. The van der Waals surface area contributed by atoms with E-state index in [0.717, 1.165) is 11.1 Å². The molecule has 2 N–H and O–H groups in total. The number of hydrogen-bond donors (Lipinski definition) is 2. The molecule has 8 heteroatoms. The van der Waals surface area contributed by atoms with Crippen LogP contribution in [-0.2, 0) is 0 Å². The van der Waals surface area contributed by atoms with Gasteiger partial charge < -0.3 is 10.1 Å². The Balaban J connectivity index is 1.10. The van der Waals surface area contributed by atoms with E-state index in [2.05, 4.69) is 10.7 Å². The molecule has 43 heavy (non-hydrogen) atoms. The van der Waals surface area contributed by atoms with Gasteiger partial charge in [0.1, 0.15) is 23.1 Å². The lowest BCUT2D eigenvalue weighted by Crippen LogP contribution is -2.40. The van der Waals surface area contributed by atoms with Crippen LogP contribution in [-0.4, -0.2) is 23.4 Å². The van der Waals surface area contributed by atoms with Crippen LogP contribution >= 0.6 is 0 Å². The van der Waals surface area contributed by atoms with E-state index in [-0.39, 0.29) is 24.0 Å². The lowest BCUT2D eigenvalue weighted by Gasteiger charge is -2.19. The number of rotatable bonds is 7. The van der Waals surface area contributed by atoms with Gasteiger partial charge >= 0.3 is 6.03 Å². The first-order chi connectivity index (χ1) is 20.9. The number of anilines is 1. The number of carbonyl (C=O) groups excluding carboxylic acids is 2. The molecule has 0 atom stereocenters. The third kappa shape index (κ3) is 6.28. The highest BCUT2D eigenvalue weighted by molar-refractivity contribution is 6.09. The highest BCUT2D eigenvalue weighted by Crippen LogP contribution is 2.31. The molecule has 5 aromatic rings. The minimum atomic E-state index is -0.413. The fraction of sp³-hybridized carbons (Fsp3) is 0.0286. The molecule has 0 spiro atoms. The van der Waals surface area contributed by atoms with Crippen molar-refractivity contribution < 1.29 is 23.1 Å². The third-order valence-corrected chi connectivity index (χ3v) is 6.93. The van der Waals surface area contributed by atoms with Crippen molar-refractivity contribution in [3.63, 3.8) is 0 Å². The van der Waals surface area contributed by atoms with E-state index in [1.54, 1.807) is 84.9 Å². The Hall–Kier alpha value is -5.76. The van der Waals surface area contributed by atoms with E-state index in [1.165, 1.54) is 29.3 Å². The quantitative estimate of drug-likeness (QED) is 0.194. The number of hydrazine groups is 1. The number of ketones is 1. The van der Waals surface area contributed by atoms with Gasteiger partial charge in [0, 0.05) is 22.4 Å². The van der Waals surface area contributed by atoms with Crippen molar-refractivity contribution in [2.24, 2.45) is 0 Å². The molecule has 6 rings (SSSR count). The van der Waals surface area contributed by atoms with Gasteiger partial charge in [-0.1, -0.05) is 42.5 Å². The molecule has 212 valence electrons. The summed E-state index contributed by atoms with van der Waals surface area (Å²) in [5.74, 6) is 0.317. The summed E-state index contributed by atoms with van der Waals surface area (Å²) in [6, 6.07) is 34.4. The molecular weight excluding hydrogens is 548 g/mol. The zero-order chi connectivity index (χ0) is 29.8. The molecule has 2 amide bonds. The lowest BCUT2D eigenvalue weighted by molar-refractivity contribution is 0.103. The first-order valence-electron chi connectivity index (χ1n) is 13.5. The molecule has 0 aromatic heterocycles. The Morgan fingerprint density at radius 3 is 1.79 bits per heavy atom. The number of amides is 2. The predicted octanol–water partition coefficient (Wildman–Crippen LogP) is 7.91. The van der Waals surface area contributed by atoms with Gasteiger partial charge in [0.15, 0.2) is 5.78 Å². The lowest BCUT2D eigenvalue weighted by atomic mass is 10.0. The summed E-state index contributed by atoms with van der Waals surface area (Å²) < 4.78 is 33.1. The Morgan fingerprint density at radius 2 is 1.19 bits per heavy atom. The minimum Gasteiger partial charge on any atom is -0.457 e. The van der Waals surface area contributed by atoms with Gasteiger partial charge in [-0.25, -0.2) is 18.6 Å². The van der Waals surface area contributed by atoms with Crippen LogP contribution in [0, 0.1) is 11.6 Å². The number of nitrogens with zero attached hydrogens (tertiary/aromatic N) is 1. The number of urea groups is 1. The zero-order valence-electron chi connectivity index (χ0n) is 22.8. The summed E-state index contributed by atoms with van der Waals surface area (Å²) in [5, 5.41) is 4.26. The topological polar surface area (TPSA) is 70.7 Å². The van der Waals surface area contributed by atoms with E-state index < -0.39 is 6.03 Å². The van der Waals surface area contributed by atoms with Crippen molar-refractivity contribution in [2.75, 3.05) is 11.9 Å². The van der Waals surface area contributed by atoms with Crippen LogP contribution in [0.3, 0.4) is 0 Å². The third-order valence-electron chi connectivity index (χ3n) is 6.93. The van der Waals surface area contributed by atoms with Crippen LogP contribution < -0.4 is 15.5 Å². The van der Waals surface area contributed by atoms with E-state index in [4.69, 9.17) is 4.74 Å². The number of ether oxygens (including phenoxy) is 1. The molecule has 1 aliphatic rings. The molecule has 5 aromatic carbocycles. The second-order valence-electron chi connectivity index (χ2n) is 9.84. The molecule has 0 unspecified atom stereocenters. The smallest absolute Gasteiger partial charge is 0.340 e. The Kier molecular flexibility index (Phi) is 7.65. The molecule has 0 fully saturated rings. The Morgan fingerprint density at radius 1 is 0.651 bits per heavy atom. The Labute approximate surface area is 246 Å². The van der Waals surface area contributed by atoms with Gasteiger partial charge in [0.2, 0.25) is 0 Å². The van der Waals surface area contributed by atoms with Gasteiger partial charge in [-0.3, -0.25) is 10.2 Å². The number of halogens is 2. The fourth-order valence-corrected chi connectivity index (χ4v) is 4.71. The normalized spacial score (nSPS) is 12.6. The molecule has 0 radical (unpaired) electrons. The van der Waals surface area contributed by atoms with E-state index in [9.17, 15) is 18.4 Å². The molecule has 1 aliphatic heterocycles. The van der Waals surface area contributed by atoms with Crippen LogP contribution in [0.15, 0.2) is 127 Å². The predicted molar refractivity (Wildman–Crippen MR) is 161 cm³/mol. The van der Waals surface area contributed by atoms with E-state index in [0.29, 0.717) is 39.6 Å². The molecule has 0 saturated heterocycles. The summed E-state index contributed by atoms with van der Waals surface area (Å²) in [6.45, 7) is 0.203. The number of nitrogens with one attached hydrogen (secondary N) is 2. The maximum atomic E-state index is 13.6. The highest BCUT2D eigenvalue weighted by Gasteiger charge is 2.27. The zero-order valence-corrected chi connectivity index (χ0v) is 22.8. The number of hydrogen-bond acceptors (Lipinski definition) is 4. The molecule has 6 nitrogen and oxygen atoms in total. The second kappa shape index (κ2) is 12.0. The molecule has 1 heterocycles. The first-order valence-corrected chi connectivity index (χ1v) is 13.5. The first kappa shape index (κ1) is 27.4. The molecule has 0 aliphatic carbocycles. The monoisotopic (exact) mass is 573 g/mol. The van der Waals surface area contributed by atoms with Crippen molar-refractivity contribution >= 4 is 28.8 Å². The fourth-order valence-electron chi connectivity index (χ4n) is 4.71. The minimum absolute atomic E-state index is 0.0653. The summed E-state index contributed by atoms with van der Waals surface area (Å²) in [5.41, 5.74) is 7.66. The van der Waals surface area contributed by atoms with Crippen LogP contribution in [0.2, 0.25) is 0 Å². The van der Waals surface area contributed by atoms with E-state index >= 15 is 0 Å². The van der Waals surface area contributed by atoms with Gasteiger partial charge in [-0.05, 0) is 96.1 Å². The average Bonchev–Trinajstić information content (AvgIpc) is 3.49. The summed E-state index contributed by atoms with van der Waals surface area (Å²) >= 11 is 0. The summed E-state index contributed by atoms with van der Waals surface area (Å²) in [7, 11) is 0. The van der Waals surface area contributed by atoms with Gasteiger partial charge in [-0.15, -0.1) is 0 Å². The molecule has 0 saturated carbocycles. The maximum Gasteiger partial charge on any atom is 0.340 e. The SMILES string of the molecule is O=C(c1ccccc1)c1ccc(Oc2ccc(NC(=O)N3CC(c4ccc(F)cc4)=C(c4ccc(F)cc4)N3)cc2)cc1. The van der Waals surface area contributed by atoms with Gasteiger partial charge in [0.25, 0.3) is 0 Å². The van der Waals surface area contributed by atoms with E-state index in [1.807, 2.05) is 18.2 Å². The number of benzene rings is 5. The second-order valence-corrected chi connectivity index (χ2v) is 9.84. The van der Waals surface area contributed by atoms with Crippen LogP contribution in [0.4, 0.5) is 19.3 Å². The van der Waals surface area contributed by atoms with Crippen molar-refractivity contribution in [1.82, 2.24) is 10.4 Å². The van der Waals surface area contributed by atoms with Gasteiger partial charge in [-0.2, -0.15) is 0 Å². The van der Waals surface area contributed by atoms with Crippen LogP contribution in [0.5, 0.6) is 11.5 Å². The van der Waals surface area contributed by atoms with Crippen molar-refractivity contribution in [2.45, 2.75) is 0 Å². The van der Waals surface area contributed by atoms with Crippen molar-refractivity contribution in [1.29, 1.82) is 0 Å². The molecular formula is C35H25F2N3O3. The average molecular weight is 574 g/mol. The van der Waals surface area contributed by atoms with Crippen molar-refractivity contribution in [3.8, 4) is 11.5 Å². The van der Waals surface area contributed by atoms with Crippen molar-refractivity contribution in [3.05, 3.63) is 161 Å². The largest absolute Gasteiger partial charge is 0.457 e. The standard InChI is InChI=1S/C35H25F2N3O3/c36-27-12-6-23(7-13-27)32-22-40(39-33(32)24-8-14-28(37)15-9-24)35(42)38-29-16-20-31(21-17-29)43-30-18-10-26(11-19-30)34(41)25-4-2-1-3-5-25/h1-21,39H,22H2,(H,38,42). The summed E-state index contributed by atoms with van der Waals surface area (Å²) in [4.78, 5) is 25.8. The van der Waals surface area contributed by atoms with Crippen LogP contribution in [0.1, 0.15) is 27.0 Å². The van der Waals surface area contributed by atoms with Crippen LogP contribution in [0.25, 0.3) is 11.3 Å². The maximum absolute atomic E-state index is 13.6. The number of carbonyl (C=O) groups is 2.